The van der Waals surface area contributed by atoms with Gasteiger partial charge in [-0.15, -0.1) is 0 Å². The molecule has 0 rings (SSSR count). The molecule has 0 aliphatic carbocycles. The quantitative estimate of drug-likeness (QED) is 0.595. The van der Waals surface area contributed by atoms with Gasteiger partial charge < -0.3 is 10.5 Å². The summed E-state index contributed by atoms with van der Waals surface area (Å²) < 4.78 is 5.34. The fourth-order valence-electron chi connectivity index (χ4n) is 1.25. The van der Waals surface area contributed by atoms with Crippen molar-refractivity contribution in [1.29, 1.82) is 0 Å². The van der Waals surface area contributed by atoms with Crippen molar-refractivity contribution in [3.63, 3.8) is 0 Å². The van der Waals surface area contributed by atoms with Gasteiger partial charge in [-0.1, -0.05) is 26.8 Å². The Morgan fingerprint density at radius 3 is 2.00 bits per heavy atom. The highest BCUT2D eigenvalue weighted by molar-refractivity contribution is 5.88. The van der Waals surface area contributed by atoms with Crippen LogP contribution in [0.25, 0.3) is 0 Å². The van der Waals surface area contributed by atoms with Crippen molar-refractivity contribution < 1.29 is 9.53 Å². The van der Waals surface area contributed by atoms with E-state index in [-0.39, 0.29) is 11.4 Å². The van der Waals surface area contributed by atoms with Gasteiger partial charge in [0.2, 0.25) is 0 Å². The van der Waals surface area contributed by atoms with E-state index < -0.39 is 5.60 Å². The summed E-state index contributed by atoms with van der Waals surface area (Å²) in [7, 11) is 0. The van der Waals surface area contributed by atoms with Crippen LogP contribution in [0.1, 0.15) is 48.0 Å². The average molecular weight is 227 g/mol. The highest BCUT2D eigenvalue weighted by atomic mass is 16.6. The molecular weight excluding hydrogens is 202 g/mol. The van der Waals surface area contributed by atoms with Crippen LogP contribution in [0.3, 0.4) is 0 Å². The molecule has 0 aliphatic heterocycles. The summed E-state index contributed by atoms with van der Waals surface area (Å²) in [6.07, 6.45) is 2.50. The zero-order chi connectivity index (χ0) is 13.0. The molecule has 3 nitrogen and oxygen atoms in total. The Morgan fingerprint density at radius 2 is 1.69 bits per heavy atom. The molecular formula is C13H25NO2. The third-order valence-electron chi connectivity index (χ3n) is 1.68. The molecule has 0 aromatic rings. The SMILES string of the molecule is CC(C)(C)C=C(CCN)C(=O)OC(C)(C)C. The first-order chi connectivity index (χ1) is 7.05. The number of hydrogen-bond donors (Lipinski definition) is 1. The summed E-state index contributed by atoms with van der Waals surface area (Å²) in [5, 5.41) is 0. The van der Waals surface area contributed by atoms with E-state index in [1.165, 1.54) is 0 Å². The van der Waals surface area contributed by atoms with E-state index in [2.05, 4.69) is 0 Å². The lowest BCUT2D eigenvalue weighted by Crippen LogP contribution is -2.26. The second-order valence-corrected chi connectivity index (χ2v) is 6.08. The van der Waals surface area contributed by atoms with Crippen molar-refractivity contribution in [2.24, 2.45) is 11.1 Å². The smallest absolute Gasteiger partial charge is 0.334 e. The molecule has 3 heteroatoms. The van der Waals surface area contributed by atoms with Gasteiger partial charge in [0.05, 0.1) is 0 Å². The van der Waals surface area contributed by atoms with E-state index in [9.17, 15) is 4.79 Å². The van der Waals surface area contributed by atoms with Crippen molar-refractivity contribution >= 4 is 5.97 Å². The van der Waals surface area contributed by atoms with Crippen molar-refractivity contribution in [2.75, 3.05) is 6.54 Å². The maximum atomic E-state index is 11.9. The van der Waals surface area contributed by atoms with Gasteiger partial charge in [0.1, 0.15) is 5.60 Å². The molecule has 16 heavy (non-hydrogen) atoms. The van der Waals surface area contributed by atoms with Crippen LogP contribution in [-0.2, 0) is 9.53 Å². The summed E-state index contributed by atoms with van der Waals surface area (Å²) in [6, 6.07) is 0. The Bertz CT molecular complexity index is 267. The van der Waals surface area contributed by atoms with Gasteiger partial charge in [-0.2, -0.15) is 0 Å². The summed E-state index contributed by atoms with van der Waals surface area (Å²) in [6.45, 7) is 12.2. The number of rotatable bonds is 3. The van der Waals surface area contributed by atoms with Crippen molar-refractivity contribution in [3.05, 3.63) is 11.6 Å². The molecule has 0 bridgehead atoms. The second kappa shape index (κ2) is 5.48. The van der Waals surface area contributed by atoms with Crippen molar-refractivity contribution in [3.8, 4) is 0 Å². The fourth-order valence-corrected chi connectivity index (χ4v) is 1.25. The van der Waals surface area contributed by atoms with Crippen LogP contribution in [0.2, 0.25) is 0 Å². The number of hydrogen-bond acceptors (Lipinski definition) is 3. The molecule has 0 aromatic carbocycles. The molecule has 0 unspecified atom stereocenters. The Labute approximate surface area is 99.0 Å². The van der Waals surface area contributed by atoms with Gasteiger partial charge in [-0.3, -0.25) is 0 Å². The zero-order valence-electron chi connectivity index (χ0n) is 11.4. The minimum atomic E-state index is -0.456. The van der Waals surface area contributed by atoms with Crippen LogP contribution in [0, 0.1) is 5.41 Å². The third-order valence-corrected chi connectivity index (χ3v) is 1.68. The van der Waals surface area contributed by atoms with E-state index >= 15 is 0 Å². The van der Waals surface area contributed by atoms with Crippen molar-refractivity contribution in [2.45, 2.75) is 53.6 Å². The highest BCUT2D eigenvalue weighted by Gasteiger charge is 2.21. The Balaban J connectivity index is 4.80. The minimum Gasteiger partial charge on any atom is -0.457 e. The molecule has 0 atom stereocenters. The van der Waals surface area contributed by atoms with Crippen LogP contribution in [0.5, 0.6) is 0 Å². The minimum absolute atomic E-state index is 0.0403. The lowest BCUT2D eigenvalue weighted by Gasteiger charge is -2.22. The van der Waals surface area contributed by atoms with Gasteiger partial charge in [-0.05, 0) is 39.2 Å². The molecule has 0 saturated carbocycles. The van der Waals surface area contributed by atoms with Crippen LogP contribution in [0.15, 0.2) is 11.6 Å². The first-order valence-electron chi connectivity index (χ1n) is 5.70. The van der Waals surface area contributed by atoms with E-state index in [1.54, 1.807) is 0 Å². The van der Waals surface area contributed by atoms with Crippen LogP contribution in [-0.4, -0.2) is 18.1 Å². The average Bonchev–Trinajstić information content (AvgIpc) is 1.97. The second-order valence-electron chi connectivity index (χ2n) is 6.08. The molecule has 0 aliphatic rings. The Kier molecular flexibility index (Phi) is 5.20. The van der Waals surface area contributed by atoms with Gasteiger partial charge in [0, 0.05) is 5.57 Å². The third kappa shape index (κ3) is 7.46. The fraction of sp³-hybridized carbons (Fsp3) is 0.769. The van der Waals surface area contributed by atoms with E-state index in [0.29, 0.717) is 18.5 Å². The standard InChI is InChI=1S/C13H25NO2/c1-12(2,3)9-10(7-8-14)11(15)16-13(4,5)6/h9H,7-8,14H2,1-6H3. The van der Waals surface area contributed by atoms with E-state index in [0.717, 1.165) is 0 Å². The number of carbonyl (C=O) groups excluding carboxylic acids is 1. The van der Waals surface area contributed by atoms with Crippen molar-refractivity contribution in [1.82, 2.24) is 0 Å². The molecule has 0 spiro atoms. The molecule has 2 N–H and O–H groups in total. The molecule has 0 saturated heterocycles. The Morgan fingerprint density at radius 1 is 1.19 bits per heavy atom. The molecule has 94 valence electrons. The number of nitrogens with two attached hydrogens (primary N) is 1. The van der Waals surface area contributed by atoms with Gasteiger partial charge in [-0.25, -0.2) is 4.79 Å². The molecule has 0 fully saturated rings. The van der Waals surface area contributed by atoms with E-state index in [1.807, 2.05) is 47.6 Å². The van der Waals surface area contributed by atoms with Gasteiger partial charge in [0.25, 0.3) is 0 Å². The molecule has 0 amide bonds. The molecule has 0 radical (unpaired) electrons. The molecule has 0 heterocycles. The largest absolute Gasteiger partial charge is 0.457 e. The van der Waals surface area contributed by atoms with Gasteiger partial charge >= 0.3 is 5.97 Å². The highest BCUT2D eigenvalue weighted by Crippen LogP contribution is 2.21. The van der Waals surface area contributed by atoms with Crippen LogP contribution in [0.4, 0.5) is 0 Å². The van der Waals surface area contributed by atoms with Gasteiger partial charge in [0.15, 0.2) is 0 Å². The summed E-state index contributed by atoms with van der Waals surface area (Å²) >= 11 is 0. The zero-order valence-corrected chi connectivity index (χ0v) is 11.4. The number of allylic oxidation sites excluding steroid dienone is 1. The van der Waals surface area contributed by atoms with Crippen LogP contribution < -0.4 is 5.73 Å². The maximum absolute atomic E-state index is 11.9. The number of esters is 1. The first-order valence-corrected chi connectivity index (χ1v) is 5.70. The topological polar surface area (TPSA) is 52.3 Å². The Hall–Kier alpha value is -0.830. The molecule has 0 aromatic heterocycles. The van der Waals surface area contributed by atoms with Crippen LogP contribution >= 0.6 is 0 Å². The lowest BCUT2D eigenvalue weighted by atomic mass is 9.92. The maximum Gasteiger partial charge on any atom is 0.334 e. The predicted molar refractivity (Wildman–Crippen MR) is 67.1 cm³/mol. The number of carbonyl (C=O) groups is 1. The number of ether oxygens (including phenoxy) is 1. The normalized spacial score (nSPS) is 13.8. The summed E-state index contributed by atoms with van der Waals surface area (Å²) in [4.78, 5) is 11.9. The van der Waals surface area contributed by atoms with E-state index in [4.69, 9.17) is 10.5 Å². The predicted octanol–water partition coefficient (Wildman–Crippen LogP) is 2.65. The summed E-state index contributed by atoms with van der Waals surface area (Å²) in [5.74, 6) is -0.257. The summed E-state index contributed by atoms with van der Waals surface area (Å²) in [5.41, 5.74) is 5.68. The first kappa shape index (κ1) is 15.2. The lowest BCUT2D eigenvalue weighted by molar-refractivity contribution is -0.150. The monoisotopic (exact) mass is 227 g/mol.